The van der Waals surface area contributed by atoms with E-state index in [4.69, 9.17) is 16.3 Å². The van der Waals surface area contributed by atoms with E-state index in [9.17, 15) is 4.79 Å². The molecule has 0 radical (unpaired) electrons. The molecule has 0 saturated carbocycles. The zero-order valence-electron chi connectivity index (χ0n) is 12.9. The predicted molar refractivity (Wildman–Crippen MR) is 86.1 cm³/mol. The van der Waals surface area contributed by atoms with Gasteiger partial charge in [-0.2, -0.15) is 0 Å². The molecule has 1 aliphatic heterocycles. The van der Waals surface area contributed by atoms with Crippen LogP contribution in [0.2, 0.25) is 5.02 Å². The van der Waals surface area contributed by atoms with Gasteiger partial charge < -0.3 is 15.0 Å². The molecular weight excluding hydrogens is 288 g/mol. The maximum atomic E-state index is 11.8. The molecule has 1 aromatic carbocycles. The Balaban J connectivity index is 1.84. The summed E-state index contributed by atoms with van der Waals surface area (Å²) in [6, 6.07) is 8.03. The average Bonchev–Trinajstić information content (AvgIpc) is 2.38. The van der Waals surface area contributed by atoms with Crippen LogP contribution in [0.1, 0.15) is 33.6 Å². The second-order valence-electron chi connectivity index (χ2n) is 6.36. The minimum absolute atomic E-state index is 0.165. The zero-order valence-corrected chi connectivity index (χ0v) is 13.6. The minimum atomic E-state index is -0.456. The van der Waals surface area contributed by atoms with Crippen LogP contribution in [0.3, 0.4) is 0 Å². The van der Waals surface area contributed by atoms with Gasteiger partial charge in [0.05, 0.1) is 10.7 Å². The maximum Gasteiger partial charge on any atom is 0.407 e. The van der Waals surface area contributed by atoms with E-state index in [1.54, 1.807) is 0 Å². The molecule has 1 N–H and O–H groups in total. The van der Waals surface area contributed by atoms with Gasteiger partial charge in [0.25, 0.3) is 0 Å². The predicted octanol–water partition coefficient (Wildman–Crippen LogP) is 3.83. The molecule has 0 aromatic heterocycles. The number of hydrogen-bond donors (Lipinski definition) is 1. The highest BCUT2D eigenvalue weighted by atomic mass is 35.5. The van der Waals surface area contributed by atoms with E-state index in [2.05, 4.69) is 10.2 Å². The molecule has 1 fully saturated rings. The lowest BCUT2D eigenvalue weighted by molar-refractivity contribution is 0.0497. The van der Waals surface area contributed by atoms with Crippen molar-refractivity contribution in [1.29, 1.82) is 0 Å². The number of halogens is 1. The van der Waals surface area contributed by atoms with Crippen LogP contribution in [-0.2, 0) is 4.74 Å². The lowest BCUT2D eigenvalue weighted by atomic mass is 10.0. The molecule has 0 aliphatic carbocycles. The van der Waals surface area contributed by atoms with E-state index in [1.165, 1.54) is 0 Å². The number of benzene rings is 1. The molecule has 0 unspecified atom stereocenters. The van der Waals surface area contributed by atoms with Crippen LogP contribution in [-0.4, -0.2) is 30.8 Å². The van der Waals surface area contributed by atoms with Crippen molar-refractivity contribution in [3.8, 4) is 0 Å². The van der Waals surface area contributed by atoms with Crippen molar-refractivity contribution in [2.24, 2.45) is 0 Å². The summed E-state index contributed by atoms with van der Waals surface area (Å²) in [7, 11) is 0. The van der Waals surface area contributed by atoms with Crippen molar-refractivity contribution in [3.05, 3.63) is 29.3 Å². The van der Waals surface area contributed by atoms with Crippen molar-refractivity contribution in [1.82, 2.24) is 5.32 Å². The van der Waals surface area contributed by atoms with Crippen LogP contribution in [0, 0.1) is 0 Å². The van der Waals surface area contributed by atoms with E-state index in [1.807, 2.05) is 45.0 Å². The summed E-state index contributed by atoms with van der Waals surface area (Å²) >= 11 is 6.22. The Morgan fingerprint density at radius 1 is 1.29 bits per heavy atom. The molecule has 0 atom stereocenters. The fourth-order valence-electron chi connectivity index (χ4n) is 2.45. The van der Waals surface area contributed by atoms with Crippen molar-refractivity contribution < 1.29 is 9.53 Å². The molecule has 2 rings (SSSR count). The number of amides is 1. The lowest BCUT2D eigenvalue weighted by Gasteiger charge is -2.34. The fraction of sp³-hybridized carbons (Fsp3) is 0.562. The Labute approximate surface area is 131 Å². The first-order valence-electron chi connectivity index (χ1n) is 7.34. The number of nitrogens with one attached hydrogen (secondary N) is 1. The number of hydrogen-bond acceptors (Lipinski definition) is 3. The van der Waals surface area contributed by atoms with Gasteiger partial charge in [0.1, 0.15) is 5.60 Å². The molecule has 1 amide bonds. The van der Waals surface area contributed by atoms with Crippen LogP contribution in [0.25, 0.3) is 0 Å². The quantitative estimate of drug-likeness (QED) is 0.902. The van der Waals surface area contributed by atoms with Crippen LogP contribution >= 0.6 is 11.6 Å². The highest BCUT2D eigenvalue weighted by Gasteiger charge is 2.24. The first-order chi connectivity index (χ1) is 9.85. The highest BCUT2D eigenvalue weighted by molar-refractivity contribution is 6.33. The number of nitrogens with zero attached hydrogens (tertiary/aromatic N) is 1. The SMILES string of the molecule is CC(C)(C)OC(=O)NC1CCN(c2ccccc2Cl)CC1. The van der Waals surface area contributed by atoms with Crippen molar-refractivity contribution in [2.75, 3.05) is 18.0 Å². The van der Waals surface area contributed by atoms with E-state index < -0.39 is 5.60 Å². The summed E-state index contributed by atoms with van der Waals surface area (Å²) < 4.78 is 5.29. The monoisotopic (exact) mass is 310 g/mol. The van der Waals surface area contributed by atoms with Gasteiger partial charge >= 0.3 is 6.09 Å². The molecule has 1 aliphatic rings. The van der Waals surface area contributed by atoms with Crippen LogP contribution in [0.5, 0.6) is 0 Å². The van der Waals surface area contributed by atoms with E-state index in [0.717, 1.165) is 36.6 Å². The number of ether oxygens (including phenoxy) is 1. The van der Waals surface area contributed by atoms with Gasteiger partial charge in [-0.3, -0.25) is 0 Å². The zero-order chi connectivity index (χ0) is 15.5. The van der Waals surface area contributed by atoms with Crippen molar-refractivity contribution in [3.63, 3.8) is 0 Å². The lowest BCUT2D eigenvalue weighted by Crippen LogP contribution is -2.46. The topological polar surface area (TPSA) is 41.6 Å². The van der Waals surface area contributed by atoms with Gasteiger partial charge in [-0.25, -0.2) is 4.79 Å². The third-order valence-electron chi connectivity index (χ3n) is 3.41. The summed E-state index contributed by atoms with van der Waals surface area (Å²) in [5.74, 6) is 0. The van der Waals surface area contributed by atoms with Crippen LogP contribution < -0.4 is 10.2 Å². The van der Waals surface area contributed by atoms with Gasteiger partial charge in [0.2, 0.25) is 0 Å². The number of carbonyl (C=O) groups is 1. The van der Waals surface area contributed by atoms with Crippen LogP contribution in [0.15, 0.2) is 24.3 Å². The number of anilines is 1. The molecule has 1 saturated heterocycles. The maximum absolute atomic E-state index is 11.8. The van der Waals surface area contributed by atoms with Crippen molar-refractivity contribution in [2.45, 2.75) is 45.3 Å². The fourth-order valence-corrected chi connectivity index (χ4v) is 2.70. The first kappa shape index (κ1) is 16.0. The van der Waals surface area contributed by atoms with Crippen LogP contribution in [0.4, 0.5) is 10.5 Å². The third kappa shape index (κ3) is 4.81. The largest absolute Gasteiger partial charge is 0.444 e. The second kappa shape index (κ2) is 6.56. The molecule has 5 heteroatoms. The van der Waals surface area contributed by atoms with Gasteiger partial charge in [-0.05, 0) is 45.7 Å². The summed E-state index contributed by atoms with van der Waals surface area (Å²) in [6.45, 7) is 7.36. The summed E-state index contributed by atoms with van der Waals surface area (Å²) in [4.78, 5) is 14.0. The number of piperidine rings is 1. The Bertz CT molecular complexity index is 491. The summed E-state index contributed by atoms with van der Waals surface area (Å²) in [5, 5.41) is 3.72. The Kier molecular flexibility index (Phi) is 4.99. The normalized spacial score (nSPS) is 16.7. The summed E-state index contributed by atoms with van der Waals surface area (Å²) in [5.41, 5.74) is 0.609. The molecule has 4 nitrogen and oxygen atoms in total. The standard InChI is InChI=1S/C16H23ClN2O2/c1-16(2,3)21-15(20)18-12-8-10-19(11-9-12)14-7-5-4-6-13(14)17/h4-7,12H,8-11H2,1-3H3,(H,18,20). The molecular formula is C16H23ClN2O2. The number of rotatable bonds is 2. The molecule has 1 aromatic rings. The first-order valence-corrected chi connectivity index (χ1v) is 7.72. The Morgan fingerprint density at radius 2 is 1.90 bits per heavy atom. The molecule has 0 bridgehead atoms. The van der Waals surface area contributed by atoms with E-state index in [0.29, 0.717) is 0 Å². The second-order valence-corrected chi connectivity index (χ2v) is 6.77. The minimum Gasteiger partial charge on any atom is -0.444 e. The van der Waals surface area contributed by atoms with E-state index >= 15 is 0 Å². The molecule has 21 heavy (non-hydrogen) atoms. The van der Waals surface area contributed by atoms with E-state index in [-0.39, 0.29) is 12.1 Å². The Morgan fingerprint density at radius 3 is 2.48 bits per heavy atom. The molecule has 1 heterocycles. The van der Waals surface area contributed by atoms with Gasteiger partial charge in [0, 0.05) is 19.1 Å². The third-order valence-corrected chi connectivity index (χ3v) is 3.73. The highest BCUT2D eigenvalue weighted by Crippen LogP contribution is 2.27. The van der Waals surface area contributed by atoms with Gasteiger partial charge in [-0.15, -0.1) is 0 Å². The van der Waals surface area contributed by atoms with Gasteiger partial charge in [-0.1, -0.05) is 23.7 Å². The van der Waals surface area contributed by atoms with Gasteiger partial charge in [0.15, 0.2) is 0 Å². The Hall–Kier alpha value is -1.42. The number of para-hydroxylation sites is 1. The molecule has 0 spiro atoms. The smallest absolute Gasteiger partial charge is 0.407 e. The number of alkyl carbamates (subject to hydrolysis) is 1. The molecule has 116 valence electrons. The average molecular weight is 311 g/mol. The summed E-state index contributed by atoms with van der Waals surface area (Å²) in [6.07, 6.45) is 1.45. The van der Waals surface area contributed by atoms with Crippen molar-refractivity contribution >= 4 is 23.4 Å². The number of carbonyl (C=O) groups excluding carboxylic acids is 1.